The van der Waals surface area contributed by atoms with Crippen molar-refractivity contribution in [1.29, 1.82) is 0 Å². The zero-order valence-corrected chi connectivity index (χ0v) is 20.4. The summed E-state index contributed by atoms with van der Waals surface area (Å²) in [6.07, 6.45) is 6.05. The predicted octanol–water partition coefficient (Wildman–Crippen LogP) is 2.76. The molecule has 1 amide bonds. The summed E-state index contributed by atoms with van der Waals surface area (Å²) in [6, 6.07) is 0.228. The molecule has 4 fully saturated rings. The second kappa shape index (κ2) is 11.9. The van der Waals surface area contributed by atoms with Crippen LogP contribution in [0.2, 0.25) is 0 Å². The molecule has 2 saturated carbocycles. The van der Waals surface area contributed by atoms with Crippen molar-refractivity contribution < 1.29 is 23.1 Å². The molecule has 2 aliphatic carbocycles. The molecule has 0 aromatic carbocycles. The standard InChI is InChI=1S/C25H43F3N4O2/c26-25(27,28)17-32-11-9-22(15-32)30-21-7-3-6-19(12-21)24(34)29-13-23(33)16-31-10-8-18-4-1-2-5-20(18)14-31/h18-23,30,33H,1-17H2,(H,29,34). The van der Waals surface area contributed by atoms with Gasteiger partial charge >= 0.3 is 6.18 Å². The first-order chi connectivity index (χ1) is 16.2. The van der Waals surface area contributed by atoms with Gasteiger partial charge in [0.2, 0.25) is 5.91 Å². The number of nitrogens with zero attached hydrogens (tertiary/aromatic N) is 2. The van der Waals surface area contributed by atoms with Crippen molar-refractivity contribution in [3.05, 3.63) is 0 Å². The van der Waals surface area contributed by atoms with Crippen molar-refractivity contribution in [3.8, 4) is 0 Å². The molecule has 6 atom stereocenters. The van der Waals surface area contributed by atoms with Crippen LogP contribution in [0.15, 0.2) is 0 Å². The van der Waals surface area contributed by atoms with Gasteiger partial charge in [-0.1, -0.05) is 25.7 Å². The van der Waals surface area contributed by atoms with Crippen LogP contribution in [0.5, 0.6) is 0 Å². The van der Waals surface area contributed by atoms with Crippen molar-refractivity contribution >= 4 is 5.91 Å². The van der Waals surface area contributed by atoms with E-state index in [4.69, 9.17) is 0 Å². The van der Waals surface area contributed by atoms with Crippen molar-refractivity contribution in [2.45, 2.75) is 88.6 Å². The van der Waals surface area contributed by atoms with Gasteiger partial charge < -0.3 is 20.6 Å². The highest BCUT2D eigenvalue weighted by Gasteiger charge is 2.36. The Hall–Kier alpha value is -0.900. The number of carbonyl (C=O) groups excluding carboxylic acids is 1. The summed E-state index contributed by atoms with van der Waals surface area (Å²) in [7, 11) is 0. The van der Waals surface area contributed by atoms with Crippen LogP contribution < -0.4 is 10.6 Å². The van der Waals surface area contributed by atoms with E-state index in [1.54, 1.807) is 0 Å². The number of carbonyl (C=O) groups is 1. The topological polar surface area (TPSA) is 67.8 Å². The largest absolute Gasteiger partial charge is 0.401 e. The van der Waals surface area contributed by atoms with E-state index in [1.165, 1.54) is 37.0 Å². The summed E-state index contributed by atoms with van der Waals surface area (Å²) < 4.78 is 37.9. The zero-order valence-electron chi connectivity index (χ0n) is 20.4. The summed E-state index contributed by atoms with van der Waals surface area (Å²) in [5, 5.41) is 17.0. The highest BCUT2D eigenvalue weighted by molar-refractivity contribution is 5.78. The lowest BCUT2D eigenvalue weighted by Crippen LogP contribution is -2.48. The molecule has 0 spiro atoms. The quantitative estimate of drug-likeness (QED) is 0.490. The molecule has 196 valence electrons. The summed E-state index contributed by atoms with van der Waals surface area (Å²) in [5.41, 5.74) is 0. The van der Waals surface area contributed by atoms with Gasteiger partial charge in [-0.3, -0.25) is 9.69 Å². The summed E-state index contributed by atoms with van der Waals surface area (Å²) in [6.45, 7) is 3.06. The number of likely N-dealkylation sites (tertiary alicyclic amines) is 2. The molecule has 0 aromatic heterocycles. The average molecular weight is 489 g/mol. The third-order valence-corrected chi connectivity index (χ3v) is 8.55. The maximum absolute atomic E-state index is 12.8. The van der Waals surface area contributed by atoms with Gasteiger partial charge in [0.15, 0.2) is 0 Å². The van der Waals surface area contributed by atoms with Crippen LogP contribution in [0.3, 0.4) is 0 Å². The van der Waals surface area contributed by atoms with E-state index in [0.717, 1.165) is 44.2 Å². The molecule has 34 heavy (non-hydrogen) atoms. The molecule has 9 heteroatoms. The minimum atomic E-state index is -4.15. The van der Waals surface area contributed by atoms with Crippen molar-refractivity contribution in [3.63, 3.8) is 0 Å². The van der Waals surface area contributed by atoms with Gasteiger partial charge in [-0.2, -0.15) is 13.2 Å². The minimum Gasteiger partial charge on any atom is -0.390 e. The number of halogens is 3. The molecule has 3 N–H and O–H groups in total. The highest BCUT2D eigenvalue weighted by atomic mass is 19.4. The molecule has 2 aliphatic heterocycles. The van der Waals surface area contributed by atoms with Gasteiger partial charge in [0, 0.05) is 50.7 Å². The SMILES string of the molecule is O=C(NCC(O)CN1CCC2CCCCC2C1)C1CCCC(NC2CCN(CC(F)(F)F)C2)C1. The number of piperidine rings is 1. The van der Waals surface area contributed by atoms with Gasteiger partial charge in [0.05, 0.1) is 12.6 Å². The number of hydrogen-bond acceptors (Lipinski definition) is 5. The van der Waals surface area contributed by atoms with Gasteiger partial charge in [-0.15, -0.1) is 0 Å². The maximum Gasteiger partial charge on any atom is 0.401 e. The van der Waals surface area contributed by atoms with Crippen molar-refractivity contribution in [1.82, 2.24) is 20.4 Å². The predicted molar refractivity (Wildman–Crippen MR) is 125 cm³/mol. The molecule has 6 nitrogen and oxygen atoms in total. The Morgan fingerprint density at radius 2 is 1.68 bits per heavy atom. The Morgan fingerprint density at radius 1 is 0.912 bits per heavy atom. The second-order valence-corrected chi connectivity index (χ2v) is 11.3. The number of nitrogens with one attached hydrogen (secondary N) is 2. The first kappa shape index (κ1) is 26.2. The number of aliphatic hydroxyl groups excluding tert-OH is 1. The fourth-order valence-corrected chi connectivity index (χ4v) is 6.85. The molecule has 4 rings (SSSR count). The molecule has 6 unspecified atom stereocenters. The van der Waals surface area contributed by atoms with E-state index in [2.05, 4.69) is 15.5 Å². The Balaban J connectivity index is 1.14. The fourth-order valence-electron chi connectivity index (χ4n) is 6.85. The minimum absolute atomic E-state index is 0.00154. The van der Waals surface area contributed by atoms with E-state index in [-0.39, 0.29) is 30.5 Å². The monoisotopic (exact) mass is 488 g/mol. The van der Waals surface area contributed by atoms with Gasteiger partial charge in [-0.25, -0.2) is 0 Å². The molecule has 4 aliphatic rings. The number of aliphatic hydroxyl groups is 1. The van der Waals surface area contributed by atoms with Crippen LogP contribution in [0.4, 0.5) is 13.2 Å². The molecule has 2 heterocycles. The molecule has 0 radical (unpaired) electrons. The van der Waals surface area contributed by atoms with Gasteiger partial charge in [0.25, 0.3) is 0 Å². The average Bonchev–Trinajstić information content (AvgIpc) is 3.22. The molecule has 0 aromatic rings. The van der Waals surface area contributed by atoms with E-state index in [1.807, 2.05) is 0 Å². The van der Waals surface area contributed by atoms with Crippen LogP contribution >= 0.6 is 0 Å². The first-order valence-electron chi connectivity index (χ1n) is 13.5. The third kappa shape index (κ3) is 7.80. The lowest BCUT2D eigenvalue weighted by Gasteiger charge is -2.41. The Labute approximate surface area is 202 Å². The number of amides is 1. The van der Waals surface area contributed by atoms with E-state index in [0.29, 0.717) is 32.5 Å². The van der Waals surface area contributed by atoms with Crippen molar-refractivity contribution in [2.24, 2.45) is 17.8 Å². The van der Waals surface area contributed by atoms with E-state index >= 15 is 0 Å². The Kier molecular flexibility index (Phi) is 9.15. The van der Waals surface area contributed by atoms with Crippen LogP contribution in [0.25, 0.3) is 0 Å². The number of rotatable bonds is 8. The van der Waals surface area contributed by atoms with Crippen molar-refractivity contribution in [2.75, 3.05) is 45.8 Å². The number of fused-ring (bicyclic) bond motifs is 1. The normalized spacial score (nSPS) is 34.5. The van der Waals surface area contributed by atoms with Crippen LogP contribution in [-0.2, 0) is 4.79 Å². The zero-order chi connectivity index (χ0) is 24.1. The third-order valence-electron chi connectivity index (χ3n) is 8.55. The van der Waals surface area contributed by atoms with Crippen LogP contribution in [0.1, 0.15) is 64.2 Å². The Bertz CT molecular complexity index is 665. The van der Waals surface area contributed by atoms with E-state index < -0.39 is 18.8 Å². The van der Waals surface area contributed by atoms with Crippen LogP contribution in [-0.4, -0.2) is 91.0 Å². The van der Waals surface area contributed by atoms with Gasteiger partial charge in [0.1, 0.15) is 0 Å². The molecular formula is C25H43F3N4O2. The summed E-state index contributed by atoms with van der Waals surface area (Å²) in [5.74, 6) is 1.55. The molecular weight excluding hydrogens is 445 g/mol. The molecule has 2 saturated heterocycles. The Morgan fingerprint density at radius 3 is 2.47 bits per heavy atom. The molecule has 0 bridgehead atoms. The van der Waals surface area contributed by atoms with E-state index in [9.17, 15) is 23.1 Å². The second-order valence-electron chi connectivity index (χ2n) is 11.3. The number of β-amino-alcohol motifs (C(OH)–C–C–N with tert-alkyl or cyclic N) is 1. The number of alkyl halides is 3. The highest BCUT2D eigenvalue weighted by Crippen LogP contribution is 2.36. The van der Waals surface area contributed by atoms with Crippen LogP contribution in [0, 0.1) is 17.8 Å². The summed E-state index contributed by atoms with van der Waals surface area (Å²) >= 11 is 0. The van der Waals surface area contributed by atoms with Gasteiger partial charge in [-0.05, 0) is 56.9 Å². The summed E-state index contributed by atoms with van der Waals surface area (Å²) in [4.78, 5) is 16.6. The fraction of sp³-hybridized carbons (Fsp3) is 0.960. The maximum atomic E-state index is 12.8. The lowest BCUT2D eigenvalue weighted by atomic mass is 9.75. The number of hydrogen-bond donors (Lipinski definition) is 3. The lowest BCUT2D eigenvalue weighted by molar-refractivity contribution is -0.143. The smallest absolute Gasteiger partial charge is 0.390 e. The first-order valence-corrected chi connectivity index (χ1v) is 13.5.